The Kier molecular flexibility index (Phi) is 8.30. The maximum absolute atomic E-state index is 12.8. The van der Waals surface area contributed by atoms with Gasteiger partial charge in [-0.1, -0.05) is 0 Å². The Morgan fingerprint density at radius 3 is 2.14 bits per heavy atom. The normalized spacial score (nSPS) is 33.5. The van der Waals surface area contributed by atoms with Crippen molar-refractivity contribution in [2.45, 2.75) is 68.3 Å². The summed E-state index contributed by atoms with van der Waals surface area (Å²) in [5.74, 6) is -1.41. The summed E-state index contributed by atoms with van der Waals surface area (Å²) in [5, 5.41) is 91.4. The van der Waals surface area contributed by atoms with Crippen LogP contribution in [0.2, 0.25) is 0 Å². The molecule has 10 unspecified atom stereocenters. The number of aliphatic hydroxyl groups is 6. The van der Waals surface area contributed by atoms with Crippen molar-refractivity contribution in [3.8, 4) is 34.3 Å². The maximum Gasteiger partial charge on any atom is 0.229 e. The monoisotopic (exact) mass is 594 g/mol. The van der Waals surface area contributed by atoms with Gasteiger partial charge in [-0.05, 0) is 19.1 Å². The van der Waals surface area contributed by atoms with Gasteiger partial charge < -0.3 is 69.3 Å². The summed E-state index contributed by atoms with van der Waals surface area (Å²) in [6, 6.07) is 6.84. The van der Waals surface area contributed by atoms with Gasteiger partial charge >= 0.3 is 0 Å². The van der Waals surface area contributed by atoms with E-state index < -0.39 is 79.2 Å². The number of benzene rings is 2. The van der Waals surface area contributed by atoms with Crippen molar-refractivity contribution in [2.24, 2.45) is 0 Å². The van der Waals surface area contributed by atoms with Crippen LogP contribution in [0.5, 0.6) is 23.0 Å². The van der Waals surface area contributed by atoms with Crippen LogP contribution in [0, 0.1) is 0 Å². The fourth-order valence-electron chi connectivity index (χ4n) is 4.90. The third kappa shape index (κ3) is 5.61. The van der Waals surface area contributed by atoms with Crippen LogP contribution in [-0.2, 0) is 14.2 Å². The summed E-state index contributed by atoms with van der Waals surface area (Å²) in [7, 11) is 0. The van der Waals surface area contributed by atoms with Gasteiger partial charge in [0.25, 0.3) is 0 Å². The zero-order chi connectivity index (χ0) is 30.5. The molecule has 3 aromatic rings. The molecule has 42 heavy (non-hydrogen) atoms. The molecule has 5 rings (SSSR count). The van der Waals surface area contributed by atoms with Crippen LogP contribution in [0.3, 0.4) is 0 Å². The molecule has 15 heteroatoms. The number of hydrogen-bond donors (Lipinski definition) is 9. The van der Waals surface area contributed by atoms with Gasteiger partial charge in [-0.3, -0.25) is 4.79 Å². The van der Waals surface area contributed by atoms with Crippen LogP contribution in [-0.4, -0.2) is 114 Å². The van der Waals surface area contributed by atoms with E-state index in [1.807, 2.05) is 0 Å². The van der Waals surface area contributed by atoms with Gasteiger partial charge in [0.2, 0.25) is 6.29 Å². The highest BCUT2D eigenvalue weighted by Gasteiger charge is 2.50. The predicted octanol–water partition coefficient (Wildman–Crippen LogP) is -1.39. The first-order valence-electron chi connectivity index (χ1n) is 12.9. The molecule has 2 aliphatic heterocycles. The Hall–Kier alpha value is -3.51. The van der Waals surface area contributed by atoms with Crippen LogP contribution in [0.1, 0.15) is 6.92 Å². The van der Waals surface area contributed by atoms with Crippen LogP contribution in [0.4, 0.5) is 0 Å². The number of rotatable bonds is 6. The SMILES string of the molecule is CC1OC(OC2C(Oc3cc(O)c4c(=O)cc(-c5cc(O)cc(O)c5)oc4c3)OC(CO)C(O)C2O)C(O)C(O)C1O. The standard InChI is InChI=1S/C27H30O15/c1-9-20(33)22(35)24(37)26(38-9)42-25-23(36)21(34)18(8-28)41-27(25)39-13-5-14(31)19-15(32)7-16(40-17(19)6-13)10-2-11(29)4-12(30)3-10/h2-7,9,18,20-31,33-37H,8H2,1H3. The molecule has 2 fully saturated rings. The van der Waals surface area contributed by atoms with Gasteiger partial charge in [-0.25, -0.2) is 0 Å². The lowest BCUT2D eigenvalue weighted by molar-refractivity contribution is -0.354. The van der Waals surface area contributed by atoms with E-state index in [4.69, 9.17) is 23.4 Å². The zero-order valence-electron chi connectivity index (χ0n) is 21.9. The lowest BCUT2D eigenvalue weighted by Gasteiger charge is -2.45. The van der Waals surface area contributed by atoms with Gasteiger partial charge in [0.1, 0.15) is 76.4 Å². The highest BCUT2D eigenvalue weighted by Crippen LogP contribution is 2.36. The molecule has 228 valence electrons. The van der Waals surface area contributed by atoms with Crippen molar-refractivity contribution < 1.29 is 69.3 Å². The average molecular weight is 595 g/mol. The molecule has 2 aromatic carbocycles. The van der Waals surface area contributed by atoms with E-state index in [0.717, 1.165) is 18.2 Å². The number of fused-ring (bicyclic) bond motifs is 1. The van der Waals surface area contributed by atoms with Gasteiger partial charge in [0.15, 0.2) is 17.8 Å². The largest absolute Gasteiger partial charge is 0.508 e. The van der Waals surface area contributed by atoms with Crippen molar-refractivity contribution >= 4 is 11.0 Å². The minimum Gasteiger partial charge on any atom is -0.508 e. The summed E-state index contributed by atoms with van der Waals surface area (Å²) in [4.78, 5) is 12.8. The second kappa shape index (κ2) is 11.6. The average Bonchev–Trinajstić information content (AvgIpc) is 2.93. The lowest BCUT2D eigenvalue weighted by atomic mass is 9.97. The first-order valence-corrected chi connectivity index (χ1v) is 12.9. The fourth-order valence-corrected chi connectivity index (χ4v) is 4.90. The summed E-state index contributed by atoms with van der Waals surface area (Å²) in [6.07, 6.45) is -15.6. The first-order chi connectivity index (χ1) is 19.9. The van der Waals surface area contributed by atoms with Gasteiger partial charge in [0.05, 0.1) is 12.7 Å². The molecule has 2 aliphatic rings. The molecular formula is C27H30O15. The van der Waals surface area contributed by atoms with Crippen LogP contribution in [0.15, 0.2) is 45.6 Å². The second-order valence-corrected chi connectivity index (χ2v) is 10.1. The topological polar surface area (TPSA) is 249 Å². The minimum absolute atomic E-state index is 0.0671. The molecule has 2 saturated heterocycles. The molecule has 1 aromatic heterocycles. The second-order valence-electron chi connectivity index (χ2n) is 10.1. The van der Waals surface area contributed by atoms with Gasteiger partial charge in [-0.15, -0.1) is 0 Å². The highest BCUT2D eigenvalue weighted by molar-refractivity contribution is 5.86. The molecule has 0 bridgehead atoms. The summed E-state index contributed by atoms with van der Waals surface area (Å²) >= 11 is 0. The predicted molar refractivity (Wildman–Crippen MR) is 139 cm³/mol. The Morgan fingerprint density at radius 1 is 0.786 bits per heavy atom. The number of hydrogen-bond acceptors (Lipinski definition) is 15. The number of phenols is 3. The first kappa shape index (κ1) is 30.0. The summed E-state index contributed by atoms with van der Waals surface area (Å²) in [5.41, 5.74) is -0.692. The van der Waals surface area contributed by atoms with E-state index in [9.17, 15) is 50.8 Å². The Bertz CT molecular complexity index is 1470. The van der Waals surface area contributed by atoms with Crippen molar-refractivity contribution in [3.63, 3.8) is 0 Å². The van der Waals surface area contributed by atoms with Crippen LogP contribution in [0.25, 0.3) is 22.3 Å². The van der Waals surface area contributed by atoms with Crippen molar-refractivity contribution in [3.05, 3.63) is 46.6 Å². The van der Waals surface area contributed by atoms with E-state index in [-0.39, 0.29) is 39.5 Å². The number of aliphatic hydroxyl groups excluding tert-OH is 6. The Balaban J connectivity index is 1.49. The summed E-state index contributed by atoms with van der Waals surface area (Å²) < 4.78 is 28.2. The van der Waals surface area contributed by atoms with E-state index in [0.29, 0.717) is 0 Å². The smallest absolute Gasteiger partial charge is 0.229 e. The van der Waals surface area contributed by atoms with Gasteiger partial charge in [-0.2, -0.15) is 0 Å². The number of phenolic OH excluding ortho intramolecular Hbond substituents is 3. The molecule has 0 aliphatic carbocycles. The Morgan fingerprint density at radius 2 is 1.48 bits per heavy atom. The number of ether oxygens (including phenoxy) is 4. The molecule has 0 spiro atoms. The molecule has 15 nitrogen and oxygen atoms in total. The van der Waals surface area contributed by atoms with Gasteiger partial charge in [0, 0.05) is 29.8 Å². The van der Waals surface area contributed by atoms with Crippen molar-refractivity contribution in [1.29, 1.82) is 0 Å². The third-order valence-corrected chi connectivity index (χ3v) is 7.15. The molecule has 9 N–H and O–H groups in total. The lowest BCUT2D eigenvalue weighted by Crippen LogP contribution is -2.64. The molecule has 3 heterocycles. The minimum atomic E-state index is -1.78. The molecule has 0 amide bonds. The van der Waals surface area contributed by atoms with Crippen LogP contribution < -0.4 is 10.2 Å². The van der Waals surface area contributed by atoms with E-state index in [1.165, 1.54) is 25.1 Å². The zero-order valence-corrected chi connectivity index (χ0v) is 21.9. The van der Waals surface area contributed by atoms with Crippen molar-refractivity contribution in [2.75, 3.05) is 6.61 Å². The fraction of sp³-hybridized carbons (Fsp3) is 0.444. The molecular weight excluding hydrogens is 564 g/mol. The quantitative estimate of drug-likeness (QED) is 0.159. The molecule has 10 atom stereocenters. The molecule has 0 saturated carbocycles. The highest BCUT2D eigenvalue weighted by atomic mass is 16.8. The number of aromatic hydroxyl groups is 3. The maximum atomic E-state index is 12.8. The van der Waals surface area contributed by atoms with Crippen LogP contribution >= 0.6 is 0 Å². The Labute approximate surface area is 236 Å². The van der Waals surface area contributed by atoms with E-state index >= 15 is 0 Å². The summed E-state index contributed by atoms with van der Waals surface area (Å²) in [6.45, 7) is 0.667. The third-order valence-electron chi connectivity index (χ3n) is 7.15. The molecule has 0 radical (unpaired) electrons. The van der Waals surface area contributed by atoms with Crippen molar-refractivity contribution in [1.82, 2.24) is 0 Å². The van der Waals surface area contributed by atoms with E-state index in [2.05, 4.69) is 0 Å². The van der Waals surface area contributed by atoms with E-state index in [1.54, 1.807) is 0 Å².